The van der Waals surface area contributed by atoms with Crippen LogP contribution in [0.5, 0.6) is 0 Å². The van der Waals surface area contributed by atoms with Crippen molar-refractivity contribution in [2.45, 2.75) is 51.5 Å². The minimum absolute atomic E-state index is 0.0414. The summed E-state index contributed by atoms with van der Waals surface area (Å²) >= 11 is 0. The van der Waals surface area contributed by atoms with Crippen LogP contribution >= 0.6 is 0 Å². The van der Waals surface area contributed by atoms with E-state index in [1.807, 2.05) is 11.8 Å². The first kappa shape index (κ1) is 24.2. The average molecular weight is 453 g/mol. The summed E-state index contributed by atoms with van der Waals surface area (Å²) in [6.45, 7) is 9.85. The largest absolute Gasteiger partial charge is 0.418 e. The first-order valence-electron chi connectivity index (χ1n) is 10.8. The van der Waals surface area contributed by atoms with Crippen molar-refractivity contribution in [1.29, 1.82) is 0 Å². The Balaban J connectivity index is 0.000000305. The van der Waals surface area contributed by atoms with Gasteiger partial charge >= 0.3 is 6.18 Å². The molecular formula is C22H31F3N6O. The molecular weight excluding hydrogens is 421 g/mol. The highest BCUT2D eigenvalue weighted by Gasteiger charge is 2.35. The number of anilines is 1. The monoisotopic (exact) mass is 452 g/mol. The molecule has 2 unspecified atom stereocenters. The zero-order valence-corrected chi connectivity index (χ0v) is 18.6. The Morgan fingerprint density at radius 3 is 2.31 bits per heavy atom. The molecule has 0 saturated carbocycles. The number of carbonyl (C=O) groups is 1. The van der Waals surface area contributed by atoms with Crippen LogP contribution in [0.2, 0.25) is 0 Å². The smallest absolute Gasteiger partial charge is 0.367 e. The Morgan fingerprint density at radius 1 is 1.12 bits per heavy atom. The van der Waals surface area contributed by atoms with Crippen LogP contribution < -0.4 is 16.0 Å². The van der Waals surface area contributed by atoms with Crippen LogP contribution in [0.25, 0.3) is 11.0 Å². The summed E-state index contributed by atoms with van der Waals surface area (Å²) in [4.78, 5) is 23.1. The van der Waals surface area contributed by atoms with Gasteiger partial charge in [0, 0.05) is 56.7 Å². The molecule has 3 heterocycles. The second-order valence-electron chi connectivity index (χ2n) is 8.92. The third-order valence-electron chi connectivity index (χ3n) is 5.88. The van der Waals surface area contributed by atoms with Crippen LogP contribution in [0.15, 0.2) is 24.5 Å². The van der Waals surface area contributed by atoms with Gasteiger partial charge in [-0.25, -0.2) is 0 Å². The first-order valence-corrected chi connectivity index (χ1v) is 10.8. The number of nitrogens with two attached hydrogens (primary N) is 1. The molecule has 0 aliphatic carbocycles. The second-order valence-corrected chi connectivity index (χ2v) is 8.92. The first-order chi connectivity index (χ1) is 15.1. The summed E-state index contributed by atoms with van der Waals surface area (Å²) in [7, 11) is 0. The van der Waals surface area contributed by atoms with E-state index in [1.165, 1.54) is 18.5 Å². The molecule has 10 heteroatoms. The standard InChI is InChI=1S/C16H17F3N4O.C6H14N2/c1-10-6-11(22-9-24)8-23(7-10)13-3-2-12(16(17,18)19)14-15(13)21-5-4-20-14;1-5(2)8-3-6(7)4-8/h2-5,9-11H,6-8H2,1H3,(H,22,24);5-6H,3-4,7H2,1-2H3. The maximum Gasteiger partial charge on any atom is 0.418 e. The predicted octanol–water partition coefficient (Wildman–Crippen LogP) is 2.65. The molecule has 4 rings (SSSR count). The molecule has 176 valence electrons. The normalized spacial score (nSPS) is 22.3. The van der Waals surface area contributed by atoms with Crippen molar-refractivity contribution in [3.8, 4) is 0 Å². The molecule has 0 radical (unpaired) electrons. The van der Waals surface area contributed by atoms with Crippen LogP contribution in [0.3, 0.4) is 0 Å². The van der Waals surface area contributed by atoms with E-state index in [9.17, 15) is 18.0 Å². The maximum atomic E-state index is 13.2. The Morgan fingerprint density at radius 2 is 1.78 bits per heavy atom. The van der Waals surface area contributed by atoms with E-state index in [0.717, 1.165) is 25.6 Å². The number of hydrogen-bond donors (Lipinski definition) is 2. The van der Waals surface area contributed by atoms with Crippen LogP contribution in [-0.2, 0) is 11.0 Å². The predicted molar refractivity (Wildman–Crippen MR) is 118 cm³/mol. The number of likely N-dealkylation sites (tertiary alicyclic amines) is 1. The average Bonchev–Trinajstić information content (AvgIpc) is 2.70. The topological polar surface area (TPSA) is 87.4 Å². The Bertz CT molecular complexity index is 916. The van der Waals surface area contributed by atoms with E-state index in [2.05, 4.69) is 34.0 Å². The molecule has 2 saturated heterocycles. The number of piperidine rings is 1. The summed E-state index contributed by atoms with van der Waals surface area (Å²) in [6.07, 6.45) is -0.341. The number of nitrogens with one attached hydrogen (secondary N) is 1. The SMILES string of the molecule is CC(C)N1CC(N)C1.CC1CC(NC=O)CN(c2ccc(C(F)(F)F)c3nccnc23)C1. The molecule has 1 aromatic carbocycles. The van der Waals surface area contributed by atoms with Gasteiger partial charge < -0.3 is 16.0 Å². The van der Waals surface area contributed by atoms with Gasteiger partial charge in [0.05, 0.1) is 11.3 Å². The summed E-state index contributed by atoms with van der Waals surface area (Å²) in [6, 6.07) is 3.59. The van der Waals surface area contributed by atoms with Gasteiger partial charge in [-0.15, -0.1) is 0 Å². The lowest BCUT2D eigenvalue weighted by Crippen LogP contribution is -2.57. The Labute approximate surface area is 186 Å². The number of carbonyl (C=O) groups excluding carboxylic acids is 1. The molecule has 2 fully saturated rings. The molecule has 7 nitrogen and oxygen atoms in total. The number of fused-ring (bicyclic) bond motifs is 1. The number of nitrogens with zero attached hydrogens (tertiary/aromatic N) is 4. The van der Waals surface area contributed by atoms with Crippen molar-refractivity contribution in [3.05, 3.63) is 30.1 Å². The molecule has 3 N–H and O–H groups in total. The van der Waals surface area contributed by atoms with Crippen LogP contribution in [0.1, 0.15) is 32.8 Å². The summed E-state index contributed by atoms with van der Waals surface area (Å²) in [5.74, 6) is 0.296. The molecule has 1 aromatic heterocycles. The lowest BCUT2D eigenvalue weighted by molar-refractivity contribution is -0.136. The summed E-state index contributed by atoms with van der Waals surface area (Å²) in [5.41, 5.74) is 5.46. The van der Waals surface area contributed by atoms with Gasteiger partial charge in [-0.3, -0.25) is 19.7 Å². The van der Waals surface area contributed by atoms with Crippen molar-refractivity contribution < 1.29 is 18.0 Å². The molecule has 2 aromatic rings. The minimum atomic E-state index is -4.48. The van der Waals surface area contributed by atoms with Crippen LogP contribution in [-0.4, -0.2) is 65.6 Å². The second kappa shape index (κ2) is 9.99. The number of hydrogen-bond acceptors (Lipinski definition) is 6. The molecule has 0 bridgehead atoms. The van der Waals surface area contributed by atoms with E-state index in [0.29, 0.717) is 43.2 Å². The molecule has 0 spiro atoms. The van der Waals surface area contributed by atoms with E-state index >= 15 is 0 Å². The lowest BCUT2D eigenvalue weighted by Gasteiger charge is -2.39. The number of rotatable bonds is 4. The maximum absolute atomic E-state index is 13.2. The van der Waals surface area contributed by atoms with E-state index in [4.69, 9.17) is 5.73 Å². The highest BCUT2D eigenvalue weighted by molar-refractivity contribution is 5.90. The van der Waals surface area contributed by atoms with Crippen molar-refractivity contribution in [3.63, 3.8) is 0 Å². The van der Waals surface area contributed by atoms with Crippen molar-refractivity contribution in [1.82, 2.24) is 20.2 Å². The third-order valence-corrected chi connectivity index (χ3v) is 5.88. The fourth-order valence-corrected chi connectivity index (χ4v) is 4.26. The Hall–Kier alpha value is -2.46. The molecule has 2 atom stereocenters. The summed E-state index contributed by atoms with van der Waals surface area (Å²) in [5, 5.41) is 2.76. The van der Waals surface area contributed by atoms with Crippen molar-refractivity contribution in [2.24, 2.45) is 11.7 Å². The van der Waals surface area contributed by atoms with Gasteiger partial charge in [0.25, 0.3) is 0 Å². The molecule has 1 amide bonds. The molecule has 32 heavy (non-hydrogen) atoms. The molecule has 2 aliphatic heterocycles. The van der Waals surface area contributed by atoms with E-state index < -0.39 is 11.7 Å². The van der Waals surface area contributed by atoms with E-state index in [-0.39, 0.29) is 17.1 Å². The van der Waals surface area contributed by atoms with Gasteiger partial charge in [-0.2, -0.15) is 13.2 Å². The molecule has 2 aliphatic rings. The van der Waals surface area contributed by atoms with Crippen LogP contribution in [0, 0.1) is 5.92 Å². The fourth-order valence-electron chi connectivity index (χ4n) is 4.26. The number of aromatic nitrogens is 2. The number of halogens is 3. The zero-order chi connectivity index (χ0) is 23.5. The van der Waals surface area contributed by atoms with Gasteiger partial charge in [0.15, 0.2) is 0 Å². The quantitative estimate of drug-likeness (QED) is 0.694. The van der Waals surface area contributed by atoms with Gasteiger partial charge in [0.1, 0.15) is 11.0 Å². The Kier molecular flexibility index (Phi) is 7.55. The minimum Gasteiger partial charge on any atom is -0.367 e. The number of alkyl halides is 3. The van der Waals surface area contributed by atoms with Crippen LogP contribution in [0.4, 0.5) is 18.9 Å². The highest BCUT2D eigenvalue weighted by Crippen LogP contribution is 2.37. The van der Waals surface area contributed by atoms with Gasteiger partial charge in [-0.1, -0.05) is 6.92 Å². The highest BCUT2D eigenvalue weighted by atomic mass is 19.4. The van der Waals surface area contributed by atoms with E-state index in [1.54, 1.807) is 0 Å². The van der Waals surface area contributed by atoms with Gasteiger partial charge in [-0.05, 0) is 38.3 Å². The number of benzene rings is 1. The van der Waals surface area contributed by atoms with Crippen molar-refractivity contribution in [2.75, 3.05) is 31.1 Å². The third kappa shape index (κ3) is 5.66. The fraction of sp³-hybridized carbons (Fsp3) is 0.591. The lowest BCUT2D eigenvalue weighted by atomic mass is 9.95. The van der Waals surface area contributed by atoms with Crippen molar-refractivity contribution >= 4 is 23.1 Å². The number of amides is 1. The summed E-state index contributed by atoms with van der Waals surface area (Å²) < 4.78 is 39.6. The van der Waals surface area contributed by atoms with Gasteiger partial charge in [0.2, 0.25) is 6.41 Å². The zero-order valence-electron chi connectivity index (χ0n) is 18.6.